The Morgan fingerprint density at radius 3 is 2.42 bits per heavy atom. The highest BCUT2D eigenvalue weighted by Gasteiger charge is 2.18. The molecule has 24 heavy (non-hydrogen) atoms. The number of halogens is 1. The molecule has 0 saturated heterocycles. The third-order valence-corrected chi connectivity index (χ3v) is 3.09. The summed E-state index contributed by atoms with van der Waals surface area (Å²) in [5.74, 6) is -0.837. The summed E-state index contributed by atoms with van der Waals surface area (Å²) in [7, 11) is 0. The summed E-state index contributed by atoms with van der Waals surface area (Å²) in [6.07, 6.45) is 0. The number of nitrogens with one attached hydrogen (secondary N) is 1. The zero-order valence-electron chi connectivity index (χ0n) is 12.0. The minimum Gasteiger partial charge on any atom is -0.477 e. The van der Waals surface area contributed by atoms with E-state index >= 15 is 0 Å². The Kier molecular flexibility index (Phi) is 5.27. The zero-order valence-corrected chi connectivity index (χ0v) is 12.7. The monoisotopic (exact) mass is 351 g/mol. The SMILES string of the molecule is O=C(COc1ccc(Cl)cc1[N+](=O)[O-])Nc1ccccc1[N+](=O)[O-]. The second-order valence-electron chi connectivity index (χ2n) is 4.48. The summed E-state index contributed by atoms with van der Waals surface area (Å²) < 4.78 is 5.11. The summed E-state index contributed by atoms with van der Waals surface area (Å²) in [5.41, 5.74) is -0.661. The summed E-state index contributed by atoms with van der Waals surface area (Å²) in [4.78, 5) is 32.3. The van der Waals surface area contributed by atoms with Crippen LogP contribution in [-0.2, 0) is 4.79 Å². The predicted molar refractivity (Wildman–Crippen MR) is 85.3 cm³/mol. The van der Waals surface area contributed by atoms with Crippen LogP contribution in [0.5, 0.6) is 5.75 Å². The van der Waals surface area contributed by atoms with Gasteiger partial charge < -0.3 is 10.1 Å². The molecule has 0 radical (unpaired) electrons. The topological polar surface area (TPSA) is 125 Å². The van der Waals surface area contributed by atoms with E-state index in [1.165, 1.54) is 36.4 Å². The van der Waals surface area contributed by atoms with Gasteiger partial charge in [0, 0.05) is 17.2 Å². The lowest BCUT2D eigenvalue weighted by atomic mass is 10.2. The molecule has 10 heteroatoms. The number of nitro benzene ring substituents is 2. The van der Waals surface area contributed by atoms with Crippen LogP contribution >= 0.6 is 11.6 Å². The van der Waals surface area contributed by atoms with Gasteiger partial charge in [-0.05, 0) is 18.2 Å². The van der Waals surface area contributed by atoms with Gasteiger partial charge >= 0.3 is 5.69 Å². The predicted octanol–water partition coefficient (Wildman–Crippen LogP) is 3.17. The molecule has 0 aliphatic carbocycles. The fraction of sp³-hybridized carbons (Fsp3) is 0.0714. The summed E-state index contributed by atoms with van der Waals surface area (Å²) in [5, 5.41) is 24.3. The number of carbonyl (C=O) groups is 1. The van der Waals surface area contributed by atoms with E-state index in [-0.39, 0.29) is 27.8 Å². The minimum atomic E-state index is -0.700. The lowest BCUT2D eigenvalue weighted by Gasteiger charge is -2.08. The first kappa shape index (κ1) is 17.2. The molecule has 0 aliphatic heterocycles. The van der Waals surface area contributed by atoms with Crippen LogP contribution in [0.1, 0.15) is 0 Å². The van der Waals surface area contributed by atoms with Gasteiger partial charge in [0.2, 0.25) is 0 Å². The van der Waals surface area contributed by atoms with Crippen LogP contribution < -0.4 is 10.1 Å². The third-order valence-electron chi connectivity index (χ3n) is 2.85. The highest BCUT2D eigenvalue weighted by Crippen LogP contribution is 2.30. The number of nitrogens with zero attached hydrogens (tertiary/aromatic N) is 2. The molecule has 9 nitrogen and oxygen atoms in total. The van der Waals surface area contributed by atoms with E-state index in [2.05, 4.69) is 5.32 Å². The number of para-hydroxylation sites is 2. The number of nitro groups is 2. The first-order valence-corrected chi connectivity index (χ1v) is 6.86. The van der Waals surface area contributed by atoms with E-state index in [4.69, 9.17) is 16.3 Å². The molecular weight excluding hydrogens is 342 g/mol. The van der Waals surface area contributed by atoms with Gasteiger partial charge in [0.1, 0.15) is 5.69 Å². The Balaban J connectivity index is 2.07. The molecule has 0 fully saturated rings. The molecule has 2 rings (SSSR count). The molecule has 2 aromatic carbocycles. The van der Waals surface area contributed by atoms with Crippen molar-refractivity contribution in [1.82, 2.24) is 0 Å². The number of hydrogen-bond acceptors (Lipinski definition) is 6. The highest BCUT2D eigenvalue weighted by atomic mass is 35.5. The van der Waals surface area contributed by atoms with Crippen LogP contribution in [0.2, 0.25) is 5.02 Å². The molecule has 0 aromatic heterocycles. The molecular formula is C14H10ClN3O6. The van der Waals surface area contributed by atoms with Gasteiger partial charge in [-0.1, -0.05) is 23.7 Å². The Hall–Kier alpha value is -3.20. The molecule has 124 valence electrons. The first-order valence-electron chi connectivity index (χ1n) is 6.48. The maximum atomic E-state index is 11.9. The van der Waals surface area contributed by atoms with Gasteiger partial charge in [-0.3, -0.25) is 25.0 Å². The molecule has 0 aliphatic rings. The molecule has 0 atom stereocenters. The van der Waals surface area contributed by atoms with E-state index in [9.17, 15) is 25.0 Å². The number of hydrogen-bond donors (Lipinski definition) is 1. The Bertz CT molecular complexity index is 811. The number of rotatable bonds is 6. The van der Waals surface area contributed by atoms with Crippen molar-refractivity contribution in [2.75, 3.05) is 11.9 Å². The average Bonchev–Trinajstić information content (AvgIpc) is 2.53. The standard InChI is InChI=1S/C14H10ClN3O6/c15-9-5-6-13(12(7-9)18(22)23)24-8-14(19)16-10-3-1-2-4-11(10)17(20)21/h1-7H,8H2,(H,16,19). The van der Waals surface area contributed by atoms with Gasteiger partial charge in [-0.15, -0.1) is 0 Å². The summed E-state index contributed by atoms with van der Waals surface area (Å²) in [6.45, 7) is -0.561. The van der Waals surface area contributed by atoms with Crippen LogP contribution in [0.15, 0.2) is 42.5 Å². The third kappa shape index (κ3) is 4.17. The van der Waals surface area contributed by atoms with Crippen LogP contribution in [0, 0.1) is 20.2 Å². The molecule has 0 heterocycles. The Morgan fingerprint density at radius 2 is 1.75 bits per heavy atom. The van der Waals surface area contributed by atoms with Crippen molar-refractivity contribution in [3.63, 3.8) is 0 Å². The number of amides is 1. The van der Waals surface area contributed by atoms with E-state index in [0.717, 1.165) is 6.07 Å². The largest absolute Gasteiger partial charge is 0.477 e. The van der Waals surface area contributed by atoms with Crippen LogP contribution in [0.4, 0.5) is 17.1 Å². The second-order valence-corrected chi connectivity index (χ2v) is 4.92. The number of ether oxygens (including phenoxy) is 1. The van der Waals surface area contributed by atoms with Gasteiger partial charge in [-0.2, -0.15) is 0 Å². The molecule has 1 N–H and O–H groups in total. The number of anilines is 1. The van der Waals surface area contributed by atoms with Crippen LogP contribution in [0.25, 0.3) is 0 Å². The van der Waals surface area contributed by atoms with Crippen molar-refractivity contribution >= 4 is 34.6 Å². The fourth-order valence-corrected chi connectivity index (χ4v) is 1.99. The lowest BCUT2D eigenvalue weighted by Crippen LogP contribution is -2.21. The maximum Gasteiger partial charge on any atom is 0.312 e. The molecule has 0 unspecified atom stereocenters. The molecule has 2 aromatic rings. The van der Waals surface area contributed by atoms with E-state index in [0.29, 0.717) is 0 Å². The summed E-state index contributed by atoms with van der Waals surface area (Å²) in [6, 6.07) is 9.32. The minimum absolute atomic E-state index is 0.00158. The van der Waals surface area contributed by atoms with Gasteiger partial charge in [0.25, 0.3) is 11.6 Å². The van der Waals surface area contributed by atoms with Crippen molar-refractivity contribution in [3.8, 4) is 5.75 Å². The highest BCUT2D eigenvalue weighted by molar-refractivity contribution is 6.30. The van der Waals surface area contributed by atoms with E-state index in [1.54, 1.807) is 0 Å². The van der Waals surface area contributed by atoms with Gasteiger partial charge in [0.05, 0.1) is 9.85 Å². The number of carbonyl (C=O) groups excluding carboxylic acids is 1. The van der Waals surface area contributed by atoms with Crippen molar-refractivity contribution < 1.29 is 19.4 Å². The van der Waals surface area contributed by atoms with Crippen molar-refractivity contribution in [1.29, 1.82) is 0 Å². The van der Waals surface area contributed by atoms with Gasteiger partial charge in [-0.25, -0.2) is 0 Å². The van der Waals surface area contributed by atoms with Crippen LogP contribution in [-0.4, -0.2) is 22.4 Å². The van der Waals surface area contributed by atoms with E-state index < -0.39 is 22.4 Å². The molecule has 0 bridgehead atoms. The average molecular weight is 352 g/mol. The second kappa shape index (κ2) is 7.38. The molecule has 1 amide bonds. The normalized spacial score (nSPS) is 10.0. The Labute approximate surface area is 140 Å². The Morgan fingerprint density at radius 1 is 1.08 bits per heavy atom. The molecule has 0 saturated carbocycles. The maximum absolute atomic E-state index is 11.9. The lowest BCUT2D eigenvalue weighted by molar-refractivity contribution is -0.385. The van der Waals surface area contributed by atoms with Gasteiger partial charge in [0.15, 0.2) is 12.4 Å². The van der Waals surface area contributed by atoms with Crippen LogP contribution in [0.3, 0.4) is 0 Å². The van der Waals surface area contributed by atoms with E-state index in [1.807, 2.05) is 0 Å². The fourth-order valence-electron chi connectivity index (χ4n) is 1.82. The quantitative estimate of drug-likeness (QED) is 0.629. The number of benzene rings is 2. The summed E-state index contributed by atoms with van der Waals surface area (Å²) >= 11 is 5.67. The van der Waals surface area contributed by atoms with Crippen molar-refractivity contribution in [2.45, 2.75) is 0 Å². The van der Waals surface area contributed by atoms with Crippen molar-refractivity contribution in [2.24, 2.45) is 0 Å². The zero-order chi connectivity index (χ0) is 17.7. The van der Waals surface area contributed by atoms with Crippen molar-refractivity contribution in [3.05, 3.63) is 67.7 Å². The smallest absolute Gasteiger partial charge is 0.312 e. The molecule has 0 spiro atoms. The first-order chi connectivity index (χ1) is 11.4.